The van der Waals surface area contributed by atoms with Gasteiger partial charge in [0.2, 0.25) is 5.91 Å². The van der Waals surface area contributed by atoms with E-state index in [0.29, 0.717) is 11.6 Å². The Morgan fingerprint density at radius 1 is 1.20 bits per heavy atom. The van der Waals surface area contributed by atoms with Gasteiger partial charge in [-0.05, 0) is 44.0 Å². The lowest BCUT2D eigenvalue weighted by atomic mass is 10.1. The van der Waals surface area contributed by atoms with Gasteiger partial charge in [0.1, 0.15) is 5.76 Å². The number of aryl methyl sites for hydroxylation is 3. The zero-order chi connectivity index (χ0) is 14.7. The molecule has 0 aliphatic rings. The molecule has 1 N–H and O–H groups in total. The summed E-state index contributed by atoms with van der Waals surface area (Å²) in [5.74, 6) is 0.990. The Morgan fingerprint density at radius 3 is 2.40 bits per heavy atom. The Kier molecular flexibility index (Phi) is 4.08. The summed E-state index contributed by atoms with van der Waals surface area (Å²) < 4.78 is 4.91. The fraction of sp³-hybridized carbons (Fsp3) is 0.333. The first-order valence-electron chi connectivity index (χ1n) is 6.46. The lowest BCUT2D eigenvalue weighted by molar-refractivity contribution is -0.115. The van der Waals surface area contributed by atoms with Gasteiger partial charge in [0.05, 0.1) is 6.54 Å². The van der Waals surface area contributed by atoms with Gasteiger partial charge < -0.3 is 14.7 Å². The van der Waals surface area contributed by atoms with E-state index in [4.69, 9.17) is 4.52 Å². The van der Waals surface area contributed by atoms with Gasteiger partial charge in [0.25, 0.3) is 0 Å². The van der Waals surface area contributed by atoms with Gasteiger partial charge in [-0.2, -0.15) is 0 Å². The minimum atomic E-state index is -0.125. The highest BCUT2D eigenvalue weighted by Gasteiger charge is 2.10. The number of carbonyl (C=O) groups excluding carboxylic acids is 1. The van der Waals surface area contributed by atoms with E-state index in [9.17, 15) is 4.79 Å². The Labute approximate surface area is 118 Å². The number of aromatic nitrogens is 1. The van der Waals surface area contributed by atoms with Crippen LogP contribution in [0.25, 0.3) is 0 Å². The summed E-state index contributed by atoms with van der Waals surface area (Å²) in [4.78, 5) is 13.8. The van der Waals surface area contributed by atoms with E-state index in [-0.39, 0.29) is 12.5 Å². The molecule has 2 rings (SSSR count). The number of benzene rings is 1. The highest BCUT2D eigenvalue weighted by molar-refractivity contribution is 5.93. The van der Waals surface area contributed by atoms with Crippen molar-refractivity contribution in [1.29, 1.82) is 0 Å². The average Bonchev–Trinajstić information content (AvgIpc) is 2.73. The smallest absolute Gasteiger partial charge is 0.245 e. The number of nitrogens with zero attached hydrogens (tertiary/aromatic N) is 2. The average molecular weight is 273 g/mol. The molecule has 0 atom stereocenters. The molecule has 0 fully saturated rings. The van der Waals surface area contributed by atoms with E-state index >= 15 is 0 Å². The van der Waals surface area contributed by atoms with Crippen LogP contribution in [0.3, 0.4) is 0 Å². The largest absolute Gasteiger partial charge is 0.365 e. The maximum absolute atomic E-state index is 11.9. The van der Waals surface area contributed by atoms with Crippen LogP contribution in [-0.4, -0.2) is 24.7 Å². The first-order valence-corrected chi connectivity index (χ1v) is 6.46. The molecule has 5 nitrogen and oxygen atoms in total. The van der Waals surface area contributed by atoms with Crippen molar-refractivity contribution in [1.82, 2.24) is 5.16 Å². The normalized spacial score (nSPS) is 10.4. The molecule has 0 saturated heterocycles. The monoisotopic (exact) mass is 273 g/mol. The first-order chi connectivity index (χ1) is 9.44. The summed E-state index contributed by atoms with van der Waals surface area (Å²) in [6.45, 7) is 6.13. The Balaban J connectivity index is 2.00. The summed E-state index contributed by atoms with van der Waals surface area (Å²) >= 11 is 0. The molecule has 1 amide bonds. The second kappa shape index (κ2) is 5.77. The molecule has 0 unspecified atom stereocenters. The molecular formula is C15H19N3O2. The van der Waals surface area contributed by atoms with Gasteiger partial charge in [-0.25, -0.2) is 0 Å². The molecule has 1 heterocycles. The molecule has 1 aromatic carbocycles. The Bertz CT molecular complexity index is 599. The molecular weight excluding hydrogens is 254 g/mol. The van der Waals surface area contributed by atoms with Crippen LogP contribution >= 0.6 is 0 Å². The molecule has 0 spiro atoms. The second-order valence-corrected chi connectivity index (χ2v) is 5.07. The molecule has 5 heteroatoms. The highest BCUT2D eigenvalue weighted by Crippen LogP contribution is 2.17. The minimum Gasteiger partial charge on any atom is -0.365 e. The fourth-order valence-corrected chi connectivity index (χ4v) is 2.09. The van der Waals surface area contributed by atoms with Crippen LogP contribution in [0.4, 0.5) is 11.5 Å². The number of amides is 1. The van der Waals surface area contributed by atoms with Crippen LogP contribution in [-0.2, 0) is 4.79 Å². The van der Waals surface area contributed by atoms with E-state index in [1.54, 1.807) is 13.0 Å². The van der Waals surface area contributed by atoms with Crippen molar-refractivity contribution in [3.63, 3.8) is 0 Å². The van der Waals surface area contributed by atoms with Gasteiger partial charge in [-0.15, -0.1) is 0 Å². The van der Waals surface area contributed by atoms with E-state index in [1.807, 2.05) is 25.8 Å². The molecule has 0 aliphatic heterocycles. The van der Waals surface area contributed by atoms with Gasteiger partial charge in [0, 0.05) is 18.8 Å². The number of rotatable bonds is 4. The molecule has 0 radical (unpaired) electrons. The lowest BCUT2D eigenvalue weighted by Gasteiger charge is -2.19. The van der Waals surface area contributed by atoms with Gasteiger partial charge in [-0.1, -0.05) is 11.2 Å². The van der Waals surface area contributed by atoms with E-state index in [2.05, 4.69) is 28.7 Å². The third kappa shape index (κ3) is 3.60. The number of carbonyl (C=O) groups is 1. The van der Waals surface area contributed by atoms with Gasteiger partial charge in [-0.3, -0.25) is 4.79 Å². The van der Waals surface area contributed by atoms with Crippen molar-refractivity contribution in [2.45, 2.75) is 20.8 Å². The lowest BCUT2D eigenvalue weighted by Crippen LogP contribution is -2.30. The summed E-state index contributed by atoms with van der Waals surface area (Å²) in [6.07, 6.45) is 0. The van der Waals surface area contributed by atoms with Gasteiger partial charge >= 0.3 is 0 Å². The molecule has 0 saturated carbocycles. The van der Waals surface area contributed by atoms with E-state index < -0.39 is 0 Å². The zero-order valence-electron chi connectivity index (χ0n) is 12.2. The maximum atomic E-state index is 11.9. The number of anilines is 2. The molecule has 20 heavy (non-hydrogen) atoms. The van der Waals surface area contributed by atoms with E-state index in [1.165, 1.54) is 11.1 Å². The number of hydrogen-bond acceptors (Lipinski definition) is 4. The van der Waals surface area contributed by atoms with Crippen molar-refractivity contribution in [3.05, 3.63) is 41.2 Å². The molecule has 2 aromatic rings. The predicted molar refractivity (Wildman–Crippen MR) is 79.1 cm³/mol. The molecule has 106 valence electrons. The van der Waals surface area contributed by atoms with E-state index in [0.717, 1.165) is 5.69 Å². The van der Waals surface area contributed by atoms with Crippen LogP contribution in [0.5, 0.6) is 0 Å². The Hall–Kier alpha value is -2.30. The first kappa shape index (κ1) is 14.1. The molecule has 0 aliphatic carbocycles. The number of nitrogens with one attached hydrogen (secondary N) is 1. The number of likely N-dealkylation sites (N-methyl/N-ethyl adjacent to an activating group) is 1. The summed E-state index contributed by atoms with van der Waals surface area (Å²) in [5.41, 5.74) is 3.38. The van der Waals surface area contributed by atoms with Crippen molar-refractivity contribution in [3.8, 4) is 0 Å². The zero-order valence-corrected chi connectivity index (χ0v) is 12.2. The second-order valence-electron chi connectivity index (χ2n) is 5.07. The summed E-state index contributed by atoms with van der Waals surface area (Å²) in [5, 5.41) is 6.45. The van der Waals surface area contributed by atoms with Crippen LogP contribution < -0.4 is 10.2 Å². The van der Waals surface area contributed by atoms with Crippen molar-refractivity contribution >= 4 is 17.4 Å². The fourth-order valence-electron chi connectivity index (χ4n) is 2.09. The van der Waals surface area contributed by atoms with Crippen LogP contribution in [0.1, 0.15) is 16.9 Å². The van der Waals surface area contributed by atoms with Gasteiger partial charge in [0.15, 0.2) is 5.82 Å². The number of hydrogen-bond donors (Lipinski definition) is 1. The quantitative estimate of drug-likeness (QED) is 0.930. The van der Waals surface area contributed by atoms with Crippen molar-refractivity contribution in [2.75, 3.05) is 23.8 Å². The topological polar surface area (TPSA) is 58.4 Å². The third-order valence-electron chi connectivity index (χ3n) is 2.92. The van der Waals surface area contributed by atoms with Crippen LogP contribution in [0.2, 0.25) is 0 Å². The predicted octanol–water partition coefficient (Wildman–Crippen LogP) is 2.67. The minimum absolute atomic E-state index is 0.125. The van der Waals surface area contributed by atoms with Crippen molar-refractivity contribution < 1.29 is 9.32 Å². The van der Waals surface area contributed by atoms with Crippen molar-refractivity contribution in [2.24, 2.45) is 0 Å². The summed E-state index contributed by atoms with van der Waals surface area (Å²) in [7, 11) is 1.89. The van der Waals surface area contributed by atoms with Crippen LogP contribution in [0.15, 0.2) is 28.8 Å². The molecule has 1 aromatic heterocycles. The van der Waals surface area contributed by atoms with Crippen LogP contribution in [0, 0.1) is 20.8 Å². The highest BCUT2D eigenvalue weighted by atomic mass is 16.5. The standard InChI is InChI=1S/C15H19N3O2/c1-10-5-11(2)7-13(6-10)18(4)9-15(19)16-14-8-12(3)20-17-14/h5-8H,9H2,1-4H3,(H,16,17,19). The SMILES string of the molecule is Cc1cc(C)cc(N(C)CC(=O)Nc2cc(C)on2)c1. The Morgan fingerprint density at radius 2 is 1.85 bits per heavy atom. The molecule has 0 bridgehead atoms. The summed E-state index contributed by atoms with van der Waals surface area (Å²) in [6, 6.07) is 7.91. The third-order valence-corrected chi connectivity index (χ3v) is 2.92. The maximum Gasteiger partial charge on any atom is 0.245 e.